The second kappa shape index (κ2) is 13.1. The molecule has 250 valence electrons. The van der Waals surface area contributed by atoms with E-state index in [9.17, 15) is 9.50 Å². The standard InChI is InChI=1S/C41H37F4N3O/c1-38(2,3)25-35-28-48(40(31-13-7-4-8-14-31,32-15-9-5-10-16-32)33-17-11-6-12-18-33)37(47-35)26-39(49,41(43,44)45)30-21-19-29(20-22-30)36-24-23-34(42)27-46-36/h4-24,27-28,49H,25-26H2,1-3H3. The average Bonchev–Trinajstić information content (AvgIpc) is 3.46. The molecular formula is C41H37F4N3O. The number of aliphatic hydroxyl groups is 1. The molecule has 4 nitrogen and oxygen atoms in total. The van der Waals surface area contributed by atoms with Gasteiger partial charge in [0.1, 0.15) is 17.2 Å². The fourth-order valence-electron chi connectivity index (χ4n) is 6.53. The van der Waals surface area contributed by atoms with E-state index in [-0.39, 0.29) is 16.8 Å². The Labute approximate surface area is 283 Å². The Morgan fingerprint density at radius 2 is 1.14 bits per heavy atom. The van der Waals surface area contributed by atoms with E-state index in [4.69, 9.17) is 4.98 Å². The van der Waals surface area contributed by atoms with Crippen molar-refractivity contribution in [1.29, 1.82) is 0 Å². The highest BCUT2D eigenvalue weighted by Crippen LogP contribution is 2.46. The molecule has 0 aliphatic carbocycles. The van der Waals surface area contributed by atoms with Crippen LogP contribution >= 0.6 is 0 Å². The first-order valence-corrected chi connectivity index (χ1v) is 16.1. The van der Waals surface area contributed by atoms with Gasteiger partial charge in [0.05, 0.1) is 17.6 Å². The number of alkyl halides is 3. The van der Waals surface area contributed by atoms with Crippen molar-refractivity contribution in [3.05, 3.63) is 179 Å². The third-order valence-electron chi connectivity index (χ3n) is 8.74. The summed E-state index contributed by atoms with van der Waals surface area (Å²) in [4.78, 5) is 8.93. The normalized spacial score (nSPS) is 13.6. The molecule has 4 aromatic carbocycles. The number of aromatic nitrogens is 3. The lowest BCUT2D eigenvalue weighted by Gasteiger charge is -2.40. The van der Waals surface area contributed by atoms with Gasteiger partial charge < -0.3 is 9.67 Å². The fourth-order valence-corrected chi connectivity index (χ4v) is 6.53. The van der Waals surface area contributed by atoms with E-state index in [0.717, 1.165) is 22.9 Å². The van der Waals surface area contributed by atoms with E-state index in [2.05, 4.69) is 4.98 Å². The molecule has 2 aromatic heterocycles. The minimum absolute atomic E-state index is 0.0694. The molecule has 2 heterocycles. The van der Waals surface area contributed by atoms with E-state index in [1.165, 1.54) is 36.4 Å². The van der Waals surface area contributed by atoms with Crippen LogP contribution in [0.4, 0.5) is 17.6 Å². The summed E-state index contributed by atoms with van der Waals surface area (Å²) in [5.41, 5.74) is -1.08. The molecule has 0 saturated heterocycles. The zero-order valence-corrected chi connectivity index (χ0v) is 27.5. The van der Waals surface area contributed by atoms with Gasteiger partial charge in [0.25, 0.3) is 0 Å². The van der Waals surface area contributed by atoms with Crippen LogP contribution in [-0.2, 0) is 24.0 Å². The molecule has 0 aliphatic rings. The molecule has 0 saturated carbocycles. The van der Waals surface area contributed by atoms with Crippen LogP contribution in [0.25, 0.3) is 11.3 Å². The number of pyridine rings is 1. The monoisotopic (exact) mass is 663 g/mol. The van der Waals surface area contributed by atoms with Crippen LogP contribution in [0, 0.1) is 11.2 Å². The smallest absolute Gasteiger partial charge is 0.376 e. The van der Waals surface area contributed by atoms with Gasteiger partial charge >= 0.3 is 6.18 Å². The topological polar surface area (TPSA) is 50.9 Å². The van der Waals surface area contributed by atoms with Crippen molar-refractivity contribution in [3.63, 3.8) is 0 Å². The number of nitrogens with zero attached hydrogens (tertiary/aromatic N) is 3. The van der Waals surface area contributed by atoms with Crippen molar-refractivity contribution in [3.8, 4) is 11.3 Å². The maximum absolute atomic E-state index is 15.3. The quantitative estimate of drug-likeness (QED) is 0.124. The lowest BCUT2D eigenvalue weighted by Crippen LogP contribution is -2.46. The molecule has 6 rings (SSSR count). The number of halogens is 4. The summed E-state index contributed by atoms with van der Waals surface area (Å²) in [7, 11) is 0. The van der Waals surface area contributed by atoms with E-state index in [0.29, 0.717) is 23.4 Å². The van der Waals surface area contributed by atoms with Gasteiger partial charge in [0.2, 0.25) is 0 Å². The van der Waals surface area contributed by atoms with E-state index >= 15 is 13.2 Å². The molecule has 0 fully saturated rings. The molecule has 6 aromatic rings. The van der Waals surface area contributed by atoms with Crippen molar-refractivity contribution >= 4 is 0 Å². The van der Waals surface area contributed by atoms with Gasteiger partial charge in [0.15, 0.2) is 5.60 Å². The van der Waals surface area contributed by atoms with Crippen molar-refractivity contribution in [2.45, 2.75) is 50.9 Å². The highest BCUT2D eigenvalue weighted by atomic mass is 19.4. The number of benzene rings is 4. The van der Waals surface area contributed by atoms with E-state index < -0.39 is 29.6 Å². The Bertz CT molecular complexity index is 1890. The molecule has 0 bridgehead atoms. The SMILES string of the molecule is CC(C)(C)Cc1cn(C(c2ccccc2)(c2ccccc2)c2ccccc2)c(CC(O)(c2ccc(-c3ccc(F)cn3)cc2)C(F)(F)F)n1. The van der Waals surface area contributed by atoms with Crippen LogP contribution in [-0.4, -0.2) is 25.8 Å². The van der Waals surface area contributed by atoms with Gasteiger partial charge in [-0.25, -0.2) is 9.37 Å². The summed E-state index contributed by atoms with van der Waals surface area (Å²) in [6, 6.07) is 37.0. The largest absolute Gasteiger partial charge is 0.421 e. The maximum Gasteiger partial charge on any atom is 0.421 e. The molecule has 0 amide bonds. The van der Waals surface area contributed by atoms with Gasteiger partial charge in [0, 0.05) is 18.2 Å². The third-order valence-corrected chi connectivity index (χ3v) is 8.74. The average molecular weight is 664 g/mol. The van der Waals surface area contributed by atoms with E-state index in [1.807, 2.05) is 123 Å². The summed E-state index contributed by atoms with van der Waals surface area (Å²) in [6.45, 7) is 6.15. The first-order valence-electron chi connectivity index (χ1n) is 16.1. The molecular weight excluding hydrogens is 626 g/mol. The summed E-state index contributed by atoms with van der Waals surface area (Å²) in [5.74, 6) is -0.453. The highest BCUT2D eigenvalue weighted by Gasteiger charge is 2.56. The second-order valence-electron chi connectivity index (χ2n) is 13.5. The second-order valence-corrected chi connectivity index (χ2v) is 13.5. The van der Waals surface area contributed by atoms with Crippen LogP contribution in [0.1, 0.15) is 54.5 Å². The van der Waals surface area contributed by atoms with Crippen molar-refractivity contribution < 1.29 is 22.7 Å². The van der Waals surface area contributed by atoms with Crippen LogP contribution in [0.5, 0.6) is 0 Å². The van der Waals surface area contributed by atoms with E-state index in [1.54, 1.807) is 0 Å². The molecule has 8 heteroatoms. The number of hydrogen-bond donors (Lipinski definition) is 1. The van der Waals surface area contributed by atoms with Gasteiger partial charge in [-0.05, 0) is 46.2 Å². The fraction of sp³-hybridized carbons (Fsp3) is 0.220. The molecule has 1 N–H and O–H groups in total. The zero-order chi connectivity index (χ0) is 34.9. The Morgan fingerprint density at radius 1 is 0.633 bits per heavy atom. The minimum Gasteiger partial charge on any atom is -0.376 e. The highest BCUT2D eigenvalue weighted by molar-refractivity contribution is 5.59. The first-order chi connectivity index (χ1) is 23.3. The maximum atomic E-state index is 15.3. The Morgan fingerprint density at radius 3 is 1.57 bits per heavy atom. The van der Waals surface area contributed by atoms with Crippen molar-refractivity contribution in [1.82, 2.24) is 14.5 Å². The molecule has 0 spiro atoms. The van der Waals surface area contributed by atoms with Gasteiger partial charge in [-0.15, -0.1) is 0 Å². The summed E-state index contributed by atoms with van der Waals surface area (Å²) >= 11 is 0. The van der Waals surface area contributed by atoms with Crippen LogP contribution in [0.15, 0.2) is 140 Å². The molecule has 1 atom stereocenters. The Balaban J connectivity index is 1.59. The van der Waals surface area contributed by atoms with Gasteiger partial charge in [-0.3, -0.25) is 4.98 Å². The number of rotatable bonds is 9. The lowest BCUT2D eigenvalue weighted by molar-refractivity contribution is -0.267. The molecule has 0 aliphatic heterocycles. The summed E-state index contributed by atoms with van der Waals surface area (Å²) in [5, 5.41) is 11.9. The first kappa shape index (κ1) is 33.8. The Hall–Kier alpha value is -5.08. The molecule has 49 heavy (non-hydrogen) atoms. The van der Waals surface area contributed by atoms with Gasteiger partial charge in [-0.1, -0.05) is 136 Å². The number of imidazole rings is 1. The summed E-state index contributed by atoms with van der Waals surface area (Å²) < 4.78 is 61.1. The van der Waals surface area contributed by atoms with Crippen molar-refractivity contribution in [2.24, 2.45) is 5.41 Å². The van der Waals surface area contributed by atoms with Crippen LogP contribution in [0.2, 0.25) is 0 Å². The van der Waals surface area contributed by atoms with Crippen molar-refractivity contribution in [2.75, 3.05) is 0 Å². The van der Waals surface area contributed by atoms with Crippen LogP contribution < -0.4 is 0 Å². The van der Waals surface area contributed by atoms with Crippen LogP contribution in [0.3, 0.4) is 0 Å². The zero-order valence-electron chi connectivity index (χ0n) is 27.5. The van der Waals surface area contributed by atoms with Gasteiger partial charge in [-0.2, -0.15) is 13.2 Å². The lowest BCUT2D eigenvalue weighted by atomic mass is 9.76. The predicted molar refractivity (Wildman–Crippen MR) is 183 cm³/mol. The molecule has 1 unspecified atom stereocenters. The summed E-state index contributed by atoms with van der Waals surface area (Å²) in [6.07, 6.45) is -2.55. The number of hydrogen-bond acceptors (Lipinski definition) is 3. The Kier molecular flexibility index (Phi) is 9.03. The predicted octanol–water partition coefficient (Wildman–Crippen LogP) is 9.51. The molecule has 0 radical (unpaired) electrons. The minimum atomic E-state index is -5.07. The third kappa shape index (κ3) is 6.65.